The number of carbonyl (C=O) groups excluding carboxylic acids is 1. The Kier molecular flexibility index (Phi) is 5.45. The number of nitrogens with zero attached hydrogens (tertiary/aromatic N) is 2. The van der Waals surface area contributed by atoms with Gasteiger partial charge in [0.25, 0.3) is 5.56 Å². The zero-order valence-electron chi connectivity index (χ0n) is 15.8. The number of piperazine rings is 1. The second kappa shape index (κ2) is 8.16. The van der Waals surface area contributed by atoms with E-state index in [9.17, 15) is 9.59 Å². The first-order chi connectivity index (χ1) is 13.6. The molecule has 0 bridgehead atoms. The number of aromatic nitrogens is 1. The standard InChI is InChI=1S/C21H23N3O3S/c1-27-17-4-5-19-15(12-17)11-16(21(26)22-19)14-23-6-8-24(9-7-23)20(25)13-18-3-2-10-28-18/h2-5,10-12H,6-9,13-14H2,1H3,(H,22,26). The zero-order chi connectivity index (χ0) is 19.5. The molecule has 1 fully saturated rings. The highest BCUT2D eigenvalue weighted by Gasteiger charge is 2.22. The Morgan fingerprint density at radius 2 is 2.00 bits per heavy atom. The fourth-order valence-corrected chi connectivity index (χ4v) is 4.24. The third-order valence-corrected chi connectivity index (χ3v) is 6.03. The Morgan fingerprint density at radius 3 is 2.71 bits per heavy atom. The van der Waals surface area contributed by atoms with E-state index in [1.807, 2.05) is 46.7 Å². The molecule has 1 saturated heterocycles. The van der Waals surface area contributed by atoms with Crippen LogP contribution >= 0.6 is 11.3 Å². The summed E-state index contributed by atoms with van der Waals surface area (Å²) in [5, 5.41) is 2.95. The SMILES string of the molecule is COc1ccc2[nH]c(=O)c(CN3CCN(C(=O)Cc4cccs4)CC3)cc2c1. The van der Waals surface area contributed by atoms with E-state index in [0.29, 0.717) is 26.1 Å². The normalized spacial score (nSPS) is 15.1. The highest BCUT2D eigenvalue weighted by atomic mass is 32.1. The molecule has 7 heteroatoms. The molecular formula is C21H23N3O3S. The number of amides is 1. The molecule has 2 aromatic heterocycles. The summed E-state index contributed by atoms with van der Waals surface area (Å²) in [5.74, 6) is 0.945. The van der Waals surface area contributed by atoms with E-state index in [0.717, 1.165) is 40.2 Å². The van der Waals surface area contributed by atoms with Crippen LogP contribution in [0.3, 0.4) is 0 Å². The van der Waals surface area contributed by atoms with E-state index in [-0.39, 0.29) is 11.5 Å². The first kappa shape index (κ1) is 18.7. The second-order valence-corrected chi connectivity index (χ2v) is 8.02. The van der Waals surface area contributed by atoms with Crippen molar-refractivity contribution in [1.82, 2.24) is 14.8 Å². The minimum absolute atomic E-state index is 0.0612. The predicted molar refractivity (Wildman–Crippen MR) is 111 cm³/mol. The zero-order valence-corrected chi connectivity index (χ0v) is 16.6. The number of carbonyl (C=O) groups is 1. The number of methoxy groups -OCH3 is 1. The molecule has 0 atom stereocenters. The average molecular weight is 398 g/mol. The largest absolute Gasteiger partial charge is 0.497 e. The van der Waals surface area contributed by atoms with Crippen LogP contribution in [-0.2, 0) is 17.8 Å². The van der Waals surface area contributed by atoms with Gasteiger partial charge < -0.3 is 14.6 Å². The summed E-state index contributed by atoms with van der Waals surface area (Å²) >= 11 is 1.62. The van der Waals surface area contributed by atoms with E-state index < -0.39 is 0 Å². The Balaban J connectivity index is 1.39. The highest BCUT2D eigenvalue weighted by molar-refractivity contribution is 7.10. The monoisotopic (exact) mass is 397 g/mol. The lowest BCUT2D eigenvalue weighted by atomic mass is 10.1. The second-order valence-electron chi connectivity index (χ2n) is 6.99. The molecule has 0 aliphatic carbocycles. The summed E-state index contributed by atoms with van der Waals surface area (Å²) in [6, 6.07) is 11.5. The van der Waals surface area contributed by atoms with Crippen molar-refractivity contribution in [3.05, 3.63) is 62.6 Å². The summed E-state index contributed by atoms with van der Waals surface area (Å²) < 4.78 is 5.27. The lowest BCUT2D eigenvalue weighted by Gasteiger charge is -2.34. The molecule has 0 radical (unpaired) electrons. The van der Waals surface area contributed by atoms with E-state index in [2.05, 4.69) is 9.88 Å². The average Bonchev–Trinajstić information content (AvgIpc) is 3.22. The maximum absolute atomic E-state index is 12.4. The van der Waals surface area contributed by atoms with Crippen molar-refractivity contribution < 1.29 is 9.53 Å². The molecule has 0 spiro atoms. The first-order valence-corrected chi connectivity index (χ1v) is 10.2. The molecular weight excluding hydrogens is 374 g/mol. The maximum Gasteiger partial charge on any atom is 0.252 e. The molecule has 1 N–H and O–H groups in total. The van der Waals surface area contributed by atoms with Gasteiger partial charge in [0.15, 0.2) is 0 Å². The van der Waals surface area contributed by atoms with Crippen LogP contribution in [-0.4, -0.2) is 54.0 Å². The molecule has 146 valence electrons. The van der Waals surface area contributed by atoms with Gasteiger partial charge in [0.05, 0.1) is 13.5 Å². The molecule has 1 aromatic carbocycles. The van der Waals surface area contributed by atoms with Gasteiger partial charge in [-0.05, 0) is 35.7 Å². The summed E-state index contributed by atoms with van der Waals surface area (Å²) in [4.78, 5) is 33.1. The number of H-pyrrole nitrogens is 1. The topological polar surface area (TPSA) is 65.6 Å². The fourth-order valence-electron chi connectivity index (χ4n) is 3.54. The van der Waals surface area contributed by atoms with E-state index in [1.54, 1.807) is 18.4 Å². The van der Waals surface area contributed by atoms with Gasteiger partial charge in [-0.15, -0.1) is 11.3 Å². The maximum atomic E-state index is 12.4. The lowest BCUT2D eigenvalue weighted by Crippen LogP contribution is -2.49. The van der Waals surface area contributed by atoms with Gasteiger partial charge in [0.1, 0.15) is 5.75 Å². The molecule has 4 rings (SSSR count). The van der Waals surface area contributed by atoms with Crippen molar-refractivity contribution in [2.75, 3.05) is 33.3 Å². The van der Waals surface area contributed by atoms with Crippen molar-refractivity contribution in [2.45, 2.75) is 13.0 Å². The molecule has 1 amide bonds. The lowest BCUT2D eigenvalue weighted by molar-refractivity contribution is -0.132. The van der Waals surface area contributed by atoms with Crippen molar-refractivity contribution in [1.29, 1.82) is 0 Å². The highest BCUT2D eigenvalue weighted by Crippen LogP contribution is 2.19. The predicted octanol–water partition coefficient (Wildman–Crippen LogP) is 2.49. The number of thiophene rings is 1. The number of nitrogens with one attached hydrogen (secondary N) is 1. The van der Waals surface area contributed by atoms with Gasteiger partial charge in [-0.1, -0.05) is 6.07 Å². The molecule has 3 heterocycles. The third kappa shape index (κ3) is 4.10. The number of ether oxygens (including phenoxy) is 1. The van der Waals surface area contributed by atoms with Crippen molar-refractivity contribution in [2.24, 2.45) is 0 Å². The molecule has 0 unspecified atom stereocenters. The Labute approximate surface area is 167 Å². The van der Waals surface area contributed by atoms with Gasteiger partial charge in [0, 0.05) is 54.1 Å². The van der Waals surface area contributed by atoms with Crippen LogP contribution in [0.4, 0.5) is 0 Å². The summed E-state index contributed by atoms with van der Waals surface area (Å²) in [7, 11) is 1.63. The van der Waals surface area contributed by atoms with Crippen molar-refractivity contribution in [3.63, 3.8) is 0 Å². The summed E-state index contributed by atoms with van der Waals surface area (Å²) in [6.07, 6.45) is 0.476. The molecule has 28 heavy (non-hydrogen) atoms. The van der Waals surface area contributed by atoms with Crippen LogP contribution < -0.4 is 10.3 Å². The molecule has 1 aliphatic rings. The van der Waals surface area contributed by atoms with Gasteiger partial charge in [-0.2, -0.15) is 0 Å². The molecule has 6 nitrogen and oxygen atoms in total. The number of aromatic amines is 1. The van der Waals surface area contributed by atoms with Gasteiger partial charge in [-0.3, -0.25) is 14.5 Å². The van der Waals surface area contributed by atoms with E-state index >= 15 is 0 Å². The smallest absolute Gasteiger partial charge is 0.252 e. The van der Waals surface area contributed by atoms with E-state index in [1.165, 1.54) is 0 Å². The number of benzene rings is 1. The van der Waals surface area contributed by atoms with Crippen LogP contribution in [0, 0.1) is 0 Å². The molecule has 1 aliphatic heterocycles. The van der Waals surface area contributed by atoms with Crippen molar-refractivity contribution in [3.8, 4) is 5.75 Å². The number of pyridine rings is 1. The number of hydrogen-bond acceptors (Lipinski definition) is 5. The molecule has 0 saturated carbocycles. The number of fused-ring (bicyclic) bond motifs is 1. The minimum atomic E-state index is -0.0612. The fraction of sp³-hybridized carbons (Fsp3) is 0.333. The number of rotatable bonds is 5. The van der Waals surface area contributed by atoms with E-state index in [4.69, 9.17) is 4.74 Å². The Morgan fingerprint density at radius 1 is 1.18 bits per heavy atom. The van der Waals surface area contributed by atoms with Crippen LogP contribution in [0.15, 0.2) is 46.6 Å². The minimum Gasteiger partial charge on any atom is -0.497 e. The summed E-state index contributed by atoms with van der Waals surface area (Å²) in [6.45, 7) is 3.51. The van der Waals surface area contributed by atoms with Crippen LogP contribution in [0.2, 0.25) is 0 Å². The Hall–Kier alpha value is -2.64. The molecule has 3 aromatic rings. The summed E-state index contributed by atoms with van der Waals surface area (Å²) in [5.41, 5.74) is 1.48. The van der Waals surface area contributed by atoms with Crippen LogP contribution in [0.25, 0.3) is 10.9 Å². The van der Waals surface area contributed by atoms with Crippen molar-refractivity contribution >= 4 is 28.1 Å². The Bertz CT molecular complexity index is 1020. The number of hydrogen-bond donors (Lipinski definition) is 1. The quantitative estimate of drug-likeness (QED) is 0.718. The van der Waals surface area contributed by atoms with Crippen LogP contribution in [0.5, 0.6) is 5.75 Å². The first-order valence-electron chi connectivity index (χ1n) is 9.35. The van der Waals surface area contributed by atoms with Gasteiger partial charge in [0.2, 0.25) is 5.91 Å². The van der Waals surface area contributed by atoms with Gasteiger partial charge >= 0.3 is 0 Å². The van der Waals surface area contributed by atoms with Crippen LogP contribution in [0.1, 0.15) is 10.4 Å². The third-order valence-electron chi connectivity index (χ3n) is 5.15. The van der Waals surface area contributed by atoms with Gasteiger partial charge in [-0.25, -0.2) is 0 Å².